The molecule has 130 valence electrons. The Balaban J connectivity index is 1.64. The summed E-state index contributed by atoms with van der Waals surface area (Å²) in [7, 11) is 0. The molecule has 0 heterocycles. The van der Waals surface area contributed by atoms with E-state index in [0.29, 0.717) is 0 Å². The number of unbranched alkanes of at least 4 members (excludes halogenated alkanes) is 3. The van der Waals surface area contributed by atoms with Gasteiger partial charge in [-0.25, -0.2) is 0 Å². The molecule has 23 heavy (non-hydrogen) atoms. The smallest absolute Gasteiger partial charge is 0.0276 e. The van der Waals surface area contributed by atoms with Crippen LogP contribution in [-0.2, 0) is 12.8 Å². The summed E-state index contributed by atoms with van der Waals surface area (Å²) >= 11 is 0. The predicted octanol–water partition coefficient (Wildman–Crippen LogP) is 7.35. The lowest BCUT2D eigenvalue weighted by atomic mass is 9.78. The van der Waals surface area contributed by atoms with Crippen molar-refractivity contribution in [3.8, 4) is 0 Å². The van der Waals surface area contributed by atoms with E-state index >= 15 is 0 Å². The van der Waals surface area contributed by atoms with Crippen molar-refractivity contribution in [2.24, 2.45) is 11.8 Å². The van der Waals surface area contributed by atoms with Crippen LogP contribution in [0.4, 0.5) is 0 Å². The minimum Gasteiger partial charge on any atom is -0.0654 e. The van der Waals surface area contributed by atoms with Crippen molar-refractivity contribution in [1.29, 1.82) is 0 Å². The van der Waals surface area contributed by atoms with Crippen LogP contribution in [0.1, 0.15) is 95.6 Å². The summed E-state index contributed by atoms with van der Waals surface area (Å²) in [4.78, 5) is 0. The van der Waals surface area contributed by atoms with Gasteiger partial charge in [-0.15, -0.1) is 0 Å². The standard InChI is InChI=1S/C23H38/c1-3-5-7-9-21-12-16-23(17-13-21)19-18-22-14-10-20(11-15-22)8-6-4-2/h12-13,16-17,20,22H,3-11,14-15,18-19H2,1-2H3. The summed E-state index contributed by atoms with van der Waals surface area (Å²) in [5.74, 6) is 2.05. The zero-order valence-electron chi connectivity index (χ0n) is 15.7. The van der Waals surface area contributed by atoms with Gasteiger partial charge in [-0.2, -0.15) is 0 Å². The summed E-state index contributed by atoms with van der Waals surface area (Å²) in [6, 6.07) is 9.50. The van der Waals surface area contributed by atoms with Crippen LogP contribution in [0.5, 0.6) is 0 Å². The van der Waals surface area contributed by atoms with Crippen molar-refractivity contribution >= 4 is 0 Å². The van der Waals surface area contributed by atoms with Gasteiger partial charge in [0, 0.05) is 0 Å². The van der Waals surface area contributed by atoms with Gasteiger partial charge in [0.05, 0.1) is 0 Å². The van der Waals surface area contributed by atoms with E-state index in [1.165, 1.54) is 89.0 Å². The number of benzene rings is 1. The molecule has 1 aliphatic rings. The summed E-state index contributed by atoms with van der Waals surface area (Å²) in [6.45, 7) is 4.60. The molecule has 1 fully saturated rings. The van der Waals surface area contributed by atoms with Crippen LogP contribution in [0, 0.1) is 11.8 Å². The zero-order chi connectivity index (χ0) is 16.3. The Hall–Kier alpha value is -0.780. The normalized spacial score (nSPS) is 21.5. The molecular weight excluding hydrogens is 276 g/mol. The third kappa shape index (κ3) is 7.10. The van der Waals surface area contributed by atoms with Crippen LogP contribution in [0.2, 0.25) is 0 Å². The molecular formula is C23H38. The van der Waals surface area contributed by atoms with Crippen molar-refractivity contribution in [1.82, 2.24) is 0 Å². The van der Waals surface area contributed by atoms with E-state index < -0.39 is 0 Å². The summed E-state index contributed by atoms with van der Waals surface area (Å²) in [6.07, 6.45) is 18.3. The van der Waals surface area contributed by atoms with E-state index in [9.17, 15) is 0 Å². The van der Waals surface area contributed by atoms with Gasteiger partial charge in [-0.1, -0.05) is 95.9 Å². The van der Waals surface area contributed by atoms with Gasteiger partial charge in [0.2, 0.25) is 0 Å². The second-order valence-corrected chi connectivity index (χ2v) is 7.84. The molecule has 1 aliphatic carbocycles. The van der Waals surface area contributed by atoms with E-state index in [2.05, 4.69) is 38.1 Å². The molecule has 1 aromatic rings. The summed E-state index contributed by atoms with van der Waals surface area (Å²) in [5.41, 5.74) is 3.08. The molecule has 0 bridgehead atoms. The van der Waals surface area contributed by atoms with Crippen molar-refractivity contribution in [2.45, 2.75) is 97.3 Å². The Labute approximate surface area is 145 Å². The van der Waals surface area contributed by atoms with Crippen molar-refractivity contribution in [3.63, 3.8) is 0 Å². The molecule has 0 spiro atoms. The molecule has 0 aromatic heterocycles. The number of hydrogen-bond acceptors (Lipinski definition) is 0. The third-order valence-electron chi connectivity index (χ3n) is 5.87. The van der Waals surface area contributed by atoms with Crippen LogP contribution in [-0.4, -0.2) is 0 Å². The number of aryl methyl sites for hydroxylation is 2. The van der Waals surface area contributed by atoms with Gasteiger partial charge in [0.15, 0.2) is 0 Å². The lowest BCUT2D eigenvalue weighted by Crippen LogP contribution is -2.15. The summed E-state index contributed by atoms with van der Waals surface area (Å²) in [5, 5.41) is 0. The predicted molar refractivity (Wildman–Crippen MR) is 103 cm³/mol. The maximum absolute atomic E-state index is 2.38. The van der Waals surface area contributed by atoms with E-state index in [4.69, 9.17) is 0 Å². The lowest BCUT2D eigenvalue weighted by molar-refractivity contribution is 0.250. The molecule has 0 N–H and O–H groups in total. The molecule has 1 aromatic carbocycles. The topological polar surface area (TPSA) is 0 Å². The number of rotatable bonds is 10. The number of hydrogen-bond donors (Lipinski definition) is 0. The Morgan fingerprint density at radius 2 is 1.17 bits per heavy atom. The van der Waals surface area contributed by atoms with Gasteiger partial charge >= 0.3 is 0 Å². The first-order valence-corrected chi connectivity index (χ1v) is 10.4. The molecule has 0 saturated heterocycles. The molecule has 0 amide bonds. The van der Waals surface area contributed by atoms with Gasteiger partial charge in [0.25, 0.3) is 0 Å². The van der Waals surface area contributed by atoms with E-state index in [-0.39, 0.29) is 0 Å². The highest BCUT2D eigenvalue weighted by atomic mass is 14.3. The van der Waals surface area contributed by atoms with Crippen LogP contribution >= 0.6 is 0 Å². The first kappa shape index (κ1) is 18.6. The van der Waals surface area contributed by atoms with Crippen molar-refractivity contribution < 1.29 is 0 Å². The molecule has 1 saturated carbocycles. The van der Waals surface area contributed by atoms with Crippen molar-refractivity contribution in [2.75, 3.05) is 0 Å². The van der Waals surface area contributed by atoms with Crippen molar-refractivity contribution in [3.05, 3.63) is 35.4 Å². The maximum atomic E-state index is 2.38. The Kier molecular flexibility index (Phi) is 8.79. The first-order valence-electron chi connectivity index (χ1n) is 10.4. The van der Waals surface area contributed by atoms with Gasteiger partial charge in [-0.3, -0.25) is 0 Å². The Morgan fingerprint density at radius 1 is 0.652 bits per heavy atom. The molecule has 0 unspecified atom stereocenters. The molecule has 0 nitrogen and oxygen atoms in total. The third-order valence-corrected chi connectivity index (χ3v) is 5.87. The van der Waals surface area contributed by atoms with Crippen LogP contribution in [0.25, 0.3) is 0 Å². The fraction of sp³-hybridized carbons (Fsp3) is 0.739. The van der Waals surface area contributed by atoms with Crippen LogP contribution in [0.3, 0.4) is 0 Å². The zero-order valence-corrected chi connectivity index (χ0v) is 15.7. The van der Waals surface area contributed by atoms with Gasteiger partial charge in [0.1, 0.15) is 0 Å². The highest BCUT2D eigenvalue weighted by Crippen LogP contribution is 2.34. The highest BCUT2D eigenvalue weighted by Gasteiger charge is 2.20. The molecule has 2 rings (SSSR count). The molecule has 0 radical (unpaired) electrons. The minimum atomic E-state index is 0.997. The molecule has 0 atom stereocenters. The fourth-order valence-corrected chi connectivity index (χ4v) is 4.12. The Bertz CT molecular complexity index is 395. The lowest BCUT2D eigenvalue weighted by Gasteiger charge is -2.28. The fourth-order valence-electron chi connectivity index (χ4n) is 4.12. The van der Waals surface area contributed by atoms with Gasteiger partial charge < -0.3 is 0 Å². The molecule has 0 heteroatoms. The van der Waals surface area contributed by atoms with E-state index in [1.807, 2.05) is 0 Å². The van der Waals surface area contributed by atoms with Crippen LogP contribution < -0.4 is 0 Å². The largest absolute Gasteiger partial charge is 0.0654 e. The quantitative estimate of drug-likeness (QED) is 0.396. The average molecular weight is 315 g/mol. The Morgan fingerprint density at radius 3 is 1.74 bits per heavy atom. The maximum Gasteiger partial charge on any atom is -0.0276 e. The minimum absolute atomic E-state index is 0.997. The summed E-state index contributed by atoms with van der Waals surface area (Å²) < 4.78 is 0. The van der Waals surface area contributed by atoms with E-state index in [1.54, 1.807) is 5.56 Å². The monoisotopic (exact) mass is 314 g/mol. The van der Waals surface area contributed by atoms with Gasteiger partial charge in [-0.05, 0) is 48.6 Å². The molecule has 0 aliphatic heterocycles. The first-order chi connectivity index (χ1) is 11.3. The second kappa shape index (κ2) is 10.9. The van der Waals surface area contributed by atoms with E-state index in [0.717, 1.165) is 11.8 Å². The SMILES string of the molecule is CCCCCc1ccc(CCC2CCC(CCCC)CC2)cc1. The highest BCUT2D eigenvalue weighted by molar-refractivity contribution is 5.22. The second-order valence-electron chi connectivity index (χ2n) is 7.84. The van der Waals surface area contributed by atoms with Crippen LogP contribution in [0.15, 0.2) is 24.3 Å². The average Bonchev–Trinajstić information content (AvgIpc) is 2.60.